The van der Waals surface area contributed by atoms with Crippen LogP contribution in [0.4, 0.5) is 0 Å². The minimum Gasteiger partial charge on any atom is -0.481 e. The Balaban J connectivity index is 3.77. The van der Waals surface area contributed by atoms with Gasteiger partial charge in [-0.25, -0.2) is 0 Å². The minimum absolute atomic E-state index is 0.229. The first-order valence-electron chi connectivity index (χ1n) is 6.26. The molecule has 3 nitrogen and oxygen atoms in total. The highest BCUT2D eigenvalue weighted by Gasteiger charge is 2.10. The number of nitrogens with one attached hydrogen (secondary N) is 1. The Hall–Kier alpha value is -0.990. The summed E-state index contributed by atoms with van der Waals surface area (Å²) in [6.45, 7) is 9.13. The molecule has 0 amide bonds. The number of carboxylic acids is 1. The number of rotatable bonds is 10. The second kappa shape index (κ2) is 9.25. The monoisotopic (exact) mass is 227 g/mol. The van der Waals surface area contributed by atoms with Gasteiger partial charge in [0.05, 0.1) is 0 Å². The van der Waals surface area contributed by atoms with Crippen molar-refractivity contribution in [3.63, 3.8) is 0 Å². The highest BCUT2D eigenvalue weighted by Crippen LogP contribution is 2.19. The molecule has 0 atom stereocenters. The van der Waals surface area contributed by atoms with Gasteiger partial charge in [0, 0.05) is 18.7 Å². The molecular formula is C13H25NO2. The van der Waals surface area contributed by atoms with Crippen LogP contribution in [-0.2, 0) is 4.79 Å². The third-order valence-electron chi connectivity index (χ3n) is 2.69. The Labute approximate surface area is 98.9 Å². The number of aliphatic carboxylic acids is 1. The zero-order chi connectivity index (χ0) is 12.4. The SMILES string of the molecule is C=C(NCCCC(=O)O)C(CCC)CCC. The summed E-state index contributed by atoms with van der Waals surface area (Å²) in [6, 6.07) is 0. The average molecular weight is 227 g/mol. The molecule has 0 bridgehead atoms. The quantitative estimate of drug-likeness (QED) is 0.564. The Bertz CT molecular complexity index is 208. The Morgan fingerprint density at radius 3 is 2.31 bits per heavy atom. The smallest absolute Gasteiger partial charge is 0.303 e. The topological polar surface area (TPSA) is 49.3 Å². The molecule has 0 saturated heterocycles. The predicted octanol–water partition coefficient (Wildman–Crippen LogP) is 3.17. The van der Waals surface area contributed by atoms with E-state index in [1.165, 1.54) is 25.7 Å². The van der Waals surface area contributed by atoms with E-state index in [-0.39, 0.29) is 6.42 Å². The third-order valence-corrected chi connectivity index (χ3v) is 2.69. The van der Waals surface area contributed by atoms with Gasteiger partial charge in [-0.1, -0.05) is 33.3 Å². The van der Waals surface area contributed by atoms with Crippen LogP contribution in [0, 0.1) is 5.92 Å². The summed E-state index contributed by atoms with van der Waals surface area (Å²) < 4.78 is 0. The van der Waals surface area contributed by atoms with Crippen LogP contribution in [0.15, 0.2) is 12.3 Å². The molecule has 16 heavy (non-hydrogen) atoms. The summed E-state index contributed by atoms with van der Waals surface area (Å²) in [4.78, 5) is 10.3. The molecule has 0 spiro atoms. The molecule has 0 heterocycles. The maximum atomic E-state index is 10.3. The first kappa shape index (κ1) is 15.0. The fraction of sp³-hybridized carbons (Fsp3) is 0.769. The summed E-state index contributed by atoms with van der Waals surface area (Å²) in [5.41, 5.74) is 1.08. The van der Waals surface area contributed by atoms with Crippen LogP contribution in [0.3, 0.4) is 0 Å². The van der Waals surface area contributed by atoms with Crippen molar-refractivity contribution in [1.82, 2.24) is 5.32 Å². The summed E-state index contributed by atoms with van der Waals surface area (Å²) in [5.74, 6) is -0.189. The Morgan fingerprint density at radius 1 is 1.31 bits per heavy atom. The van der Waals surface area contributed by atoms with Gasteiger partial charge in [0.25, 0.3) is 0 Å². The van der Waals surface area contributed by atoms with Gasteiger partial charge in [0.1, 0.15) is 0 Å². The van der Waals surface area contributed by atoms with Crippen molar-refractivity contribution in [3.05, 3.63) is 12.3 Å². The van der Waals surface area contributed by atoms with Gasteiger partial charge in [0.2, 0.25) is 0 Å². The third kappa shape index (κ3) is 7.32. The molecule has 0 unspecified atom stereocenters. The zero-order valence-corrected chi connectivity index (χ0v) is 10.6. The van der Waals surface area contributed by atoms with Gasteiger partial charge < -0.3 is 10.4 Å². The average Bonchev–Trinajstić information content (AvgIpc) is 2.23. The Morgan fingerprint density at radius 2 is 1.88 bits per heavy atom. The highest BCUT2D eigenvalue weighted by atomic mass is 16.4. The number of carbonyl (C=O) groups is 1. The first-order chi connectivity index (χ1) is 7.61. The van der Waals surface area contributed by atoms with Gasteiger partial charge in [-0.05, 0) is 25.2 Å². The Kier molecular flexibility index (Phi) is 8.68. The molecule has 0 aliphatic heterocycles. The van der Waals surface area contributed by atoms with Gasteiger partial charge in [-0.15, -0.1) is 0 Å². The highest BCUT2D eigenvalue weighted by molar-refractivity contribution is 5.66. The minimum atomic E-state index is -0.730. The van der Waals surface area contributed by atoms with Crippen LogP contribution in [-0.4, -0.2) is 17.6 Å². The molecule has 0 saturated carbocycles. The standard InChI is InChI=1S/C13H25NO2/c1-4-7-12(8-5-2)11(3)14-10-6-9-13(15)16/h12,14H,3-10H2,1-2H3,(H,15,16). The molecule has 0 aromatic rings. The van der Waals surface area contributed by atoms with Crippen LogP contribution >= 0.6 is 0 Å². The molecule has 2 N–H and O–H groups in total. The zero-order valence-electron chi connectivity index (χ0n) is 10.6. The molecule has 0 radical (unpaired) electrons. The number of carboxylic acid groups (broad SMARTS) is 1. The molecule has 0 aliphatic rings. The number of hydrogen-bond acceptors (Lipinski definition) is 2. The van der Waals surface area contributed by atoms with E-state index in [4.69, 9.17) is 5.11 Å². The van der Waals surface area contributed by atoms with E-state index in [0.29, 0.717) is 12.3 Å². The van der Waals surface area contributed by atoms with Crippen LogP contribution < -0.4 is 5.32 Å². The maximum Gasteiger partial charge on any atom is 0.303 e. The summed E-state index contributed by atoms with van der Waals surface area (Å²) in [7, 11) is 0. The van der Waals surface area contributed by atoms with Crippen LogP contribution in [0.2, 0.25) is 0 Å². The van der Waals surface area contributed by atoms with Gasteiger partial charge in [0.15, 0.2) is 0 Å². The summed E-state index contributed by atoms with van der Waals surface area (Å²) >= 11 is 0. The second-order valence-corrected chi connectivity index (χ2v) is 4.22. The van der Waals surface area contributed by atoms with Crippen molar-refractivity contribution in [2.45, 2.75) is 52.4 Å². The molecule has 3 heteroatoms. The molecule has 0 aliphatic carbocycles. The van der Waals surface area contributed by atoms with E-state index in [1.54, 1.807) is 0 Å². The van der Waals surface area contributed by atoms with Crippen LogP contribution in [0.5, 0.6) is 0 Å². The van der Waals surface area contributed by atoms with Crippen LogP contribution in [0.1, 0.15) is 52.4 Å². The lowest BCUT2D eigenvalue weighted by molar-refractivity contribution is -0.137. The number of allylic oxidation sites excluding steroid dienone is 1. The van der Waals surface area contributed by atoms with Gasteiger partial charge >= 0.3 is 5.97 Å². The van der Waals surface area contributed by atoms with Crippen molar-refractivity contribution in [3.8, 4) is 0 Å². The van der Waals surface area contributed by atoms with E-state index in [9.17, 15) is 4.79 Å². The summed E-state index contributed by atoms with van der Waals surface area (Å²) in [6.07, 6.45) is 5.56. The second-order valence-electron chi connectivity index (χ2n) is 4.22. The van der Waals surface area contributed by atoms with Gasteiger partial charge in [-0.3, -0.25) is 4.79 Å². The van der Waals surface area contributed by atoms with Gasteiger partial charge in [-0.2, -0.15) is 0 Å². The molecular weight excluding hydrogens is 202 g/mol. The fourth-order valence-corrected chi connectivity index (χ4v) is 1.82. The van der Waals surface area contributed by atoms with E-state index < -0.39 is 5.97 Å². The molecule has 0 aromatic carbocycles. The van der Waals surface area contributed by atoms with Crippen LogP contribution in [0.25, 0.3) is 0 Å². The van der Waals surface area contributed by atoms with Crippen molar-refractivity contribution in [2.75, 3.05) is 6.54 Å². The lowest BCUT2D eigenvalue weighted by Gasteiger charge is -2.19. The number of hydrogen-bond donors (Lipinski definition) is 2. The molecule has 94 valence electrons. The predicted molar refractivity (Wildman–Crippen MR) is 67.3 cm³/mol. The lowest BCUT2D eigenvalue weighted by atomic mass is 9.95. The van der Waals surface area contributed by atoms with E-state index in [0.717, 1.165) is 12.2 Å². The molecule has 0 rings (SSSR count). The van der Waals surface area contributed by atoms with E-state index >= 15 is 0 Å². The first-order valence-corrected chi connectivity index (χ1v) is 6.26. The van der Waals surface area contributed by atoms with E-state index in [2.05, 4.69) is 25.7 Å². The maximum absolute atomic E-state index is 10.3. The molecule has 0 aromatic heterocycles. The largest absolute Gasteiger partial charge is 0.481 e. The van der Waals surface area contributed by atoms with Crippen molar-refractivity contribution < 1.29 is 9.90 Å². The van der Waals surface area contributed by atoms with E-state index in [1.807, 2.05) is 0 Å². The van der Waals surface area contributed by atoms with Crippen molar-refractivity contribution >= 4 is 5.97 Å². The lowest BCUT2D eigenvalue weighted by Crippen LogP contribution is -2.21. The fourth-order valence-electron chi connectivity index (χ4n) is 1.82. The summed E-state index contributed by atoms with van der Waals surface area (Å²) in [5, 5.41) is 11.8. The van der Waals surface area contributed by atoms with Crippen molar-refractivity contribution in [1.29, 1.82) is 0 Å². The molecule has 0 fully saturated rings. The van der Waals surface area contributed by atoms with Crippen molar-refractivity contribution in [2.24, 2.45) is 5.92 Å². The normalized spacial score (nSPS) is 10.4.